The first-order chi connectivity index (χ1) is 6.29. The summed E-state index contributed by atoms with van der Waals surface area (Å²) in [6, 6.07) is 0.231. The number of nitrogens with zero attached hydrogens (tertiary/aromatic N) is 4. The SMILES string of the molecule is CCCNC(C)c1nnnn1CC. The molecule has 0 amide bonds. The van der Waals surface area contributed by atoms with E-state index >= 15 is 0 Å². The third-order valence-corrected chi connectivity index (χ3v) is 1.95. The highest BCUT2D eigenvalue weighted by molar-refractivity contribution is 4.88. The Hall–Kier alpha value is -0.970. The Labute approximate surface area is 78.5 Å². The number of nitrogens with one attached hydrogen (secondary N) is 1. The summed E-state index contributed by atoms with van der Waals surface area (Å²) < 4.78 is 1.81. The van der Waals surface area contributed by atoms with Crippen molar-refractivity contribution in [3.05, 3.63) is 5.82 Å². The molecule has 1 aromatic heterocycles. The van der Waals surface area contributed by atoms with Gasteiger partial charge in [0.05, 0.1) is 6.04 Å². The Morgan fingerprint density at radius 1 is 1.46 bits per heavy atom. The van der Waals surface area contributed by atoms with E-state index in [0.29, 0.717) is 0 Å². The van der Waals surface area contributed by atoms with Crippen LogP contribution in [-0.2, 0) is 6.54 Å². The van der Waals surface area contributed by atoms with Crippen LogP contribution in [0.3, 0.4) is 0 Å². The summed E-state index contributed by atoms with van der Waals surface area (Å²) in [5, 5.41) is 14.8. The maximum atomic E-state index is 3.98. The van der Waals surface area contributed by atoms with Crippen molar-refractivity contribution in [1.29, 1.82) is 0 Å². The molecular formula is C8H17N5. The van der Waals surface area contributed by atoms with E-state index in [-0.39, 0.29) is 6.04 Å². The summed E-state index contributed by atoms with van der Waals surface area (Å²) >= 11 is 0. The predicted octanol–water partition coefficient (Wildman–Crippen LogP) is 0.754. The van der Waals surface area contributed by atoms with Gasteiger partial charge >= 0.3 is 0 Å². The minimum atomic E-state index is 0.231. The first-order valence-corrected chi connectivity index (χ1v) is 4.79. The Morgan fingerprint density at radius 3 is 2.85 bits per heavy atom. The number of rotatable bonds is 5. The van der Waals surface area contributed by atoms with Crippen molar-refractivity contribution in [3.63, 3.8) is 0 Å². The zero-order chi connectivity index (χ0) is 9.68. The molecular weight excluding hydrogens is 166 g/mol. The average Bonchev–Trinajstić information content (AvgIpc) is 2.61. The van der Waals surface area contributed by atoms with Gasteiger partial charge in [-0.2, -0.15) is 0 Å². The van der Waals surface area contributed by atoms with Gasteiger partial charge in [-0.25, -0.2) is 4.68 Å². The van der Waals surface area contributed by atoms with Crippen molar-refractivity contribution in [2.75, 3.05) is 6.54 Å². The monoisotopic (exact) mass is 183 g/mol. The zero-order valence-corrected chi connectivity index (χ0v) is 8.49. The summed E-state index contributed by atoms with van der Waals surface area (Å²) in [7, 11) is 0. The third-order valence-electron chi connectivity index (χ3n) is 1.95. The van der Waals surface area contributed by atoms with E-state index in [1.165, 1.54) is 0 Å². The number of hydrogen-bond donors (Lipinski definition) is 1. The van der Waals surface area contributed by atoms with E-state index in [4.69, 9.17) is 0 Å². The molecule has 1 atom stereocenters. The highest BCUT2D eigenvalue weighted by Gasteiger charge is 2.11. The van der Waals surface area contributed by atoms with E-state index < -0.39 is 0 Å². The van der Waals surface area contributed by atoms with Crippen LogP contribution in [-0.4, -0.2) is 26.8 Å². The zero-order valence-electron chi connectivity index (χ0n) is 8.49. The van der Waals surface area contributed by atoms with Crippen LogP contribution in [0.5, 0.6) is 0 Å². The van der Waals surface area contributed by atoms with Crippen LogP contribution in [0.25, 0.3) is 0 Å². The molecule has 0 aliphatic carbocycles. The van der Waals surface area contributed by atoms with Crippen molar-refractivity contribution < 1.29 is 0 Å². The van der Waals surface area contributed by atoms with Crippen LogP contribution in [0.15, 0.2) is 0 Å². The largest absolute Gasteiger partial charge is 0.307 e. The third kappa shape index (κ3) is 2.48. The molecule has 74 valence electrons. The molecule has 0 fully saturated rings. The van der Waals surface area contributed by atoms with E-state index in [1.54, 1.807) is 0 Å². The Morgan fingerprint density at radius 2 is 2.23 bits per heavy atom. The smallest absolute Gasteiger partial charge is 0.167 e. The second-order valence-corrected chi connectivity index (χ2v) is 3.03. The highest BCUT2D eigenvalue weighted by atomic mass is 15.5. The van der Waals surface area contributed by atoms with Crippen molar-refractivity contribution in [1.82, 2.24) is 25.5 Å². The van der Waals surface area contributed by atoms with Crippen LogP contribution >= 0.6 is 0 Å². The number of aryl methyl sites for hydroxylation is 1. The molecule has 1 unspecified atom stereocenters. The summed E-state index contributed by atoms with van der Waals surface area (Å²) in [5.74, 6) is 0.913. The highest BCUT2D eigenvalue weighted by Crippen LogP contribution is 2.06. The van der Waals surface area contributed by atoms with Crippen LogP contribution in [0, 0.1) is 0 Å². The van der Waals surface area contributed by atoms with Crippen molar-refractivity contribution in [2.45, 2.75) is 39.8 Å². The standard InChI is InChI=1S/C8H17N5/c1-4-6-9-7(3)8-10-11-12-13(8)5-2/h7,9H,4-6H2,1-3H3. The second-order valence-electron chi connectivity index (χ2n) is 3.03. The van der Waals surface area contributed by atoms with Crippen molar-refractivity contribution in [2.24, 2.45) is 0 Å². The first kappa shape index (κ1) is 10.1. The molecule has 0 aromatic carbocycles. The van der Waals surface area contributed by atoms with Gasteiger partial charge in [-0.3, -0.25) is 0 Å². The fourth-order valence-corrected chi connectivity index (χ4v) is 1.20. The van der Waals surface area contributed by atoms with Gasteiger partial charge in [-0.05, 0) is 37.2 Å². The fourth-order valence-electron chi connectivity index (χ4n) is 1.20. The van der Waals surface area contributed by atoms with Crippen LogP contribution in [0.4, 0.5) is 0 Å². The van der Waals surface area contributed by atoms with E-state index in [9.17, 15) is 0 Å². The molecule has 1 rings (SSSR count). The number of hydrogen-bond acceptors (Lipinski definition) is 4. The Kier molecular flexibility index (Phi) is 3.82. The quantitative estimate of drug-likeness (QED) is 0.732. The molecule has 0 spiro atoms. The molecule has 5 heteroatoms. The average molecular weight is 183 g/mol. The lowest BCUT2D eigenvalue weighted by atomic mass is 10.3. The summed E-state index contributed by atoms with van der Waals surface area (Å²) in [5.41, 5.74) is 0. The maximum Gasteiger partial charge on any atom is 0.167 e. The van der Waals surface area contributed by atoms with Gasteiger partial charge in [-0.15, -0.1) is 5.10 Å². The molecule has 5 nitrogen and oxygen atoms in total. The lowest BCUT2D eigenvalue weighted by Crippen LogP contribution is -2.23. The Balaban J connectivity index is 2.59. The number of tetrazole rings is 1. The molecule has 0 radical (unpaired) electrons. The number of aromatic nitrogens is 4. The predicted molar refractivity (Wildman–Crippen MR) is 50.2 cm³/mol. The first-order valence-electron chi connectivity index (χ1n) is 4.79. The molecule has 0 aliphatic heterocycles. The molecule has 0 bridgehead atoms. The molecule has 0 aliphatic rings. The van der Waals surface area contributed by atoms with Gasteiger partial charge in [-0.1, -0.05) is 6.92 Å². The van der Waals surface area contributed by atoms with Crippen LogP contribution in [0.1, 0.15) is 39.1 Å². The lowest BCUT2D eigenvalue weighted by Gasteiger charge is -2.11. The molecule has 13 heavy (non-hydrogen) atoms. The molecule has 1 heterocycles. The molecule has 0 saturated heterocycles. The minimum absolute atomic E-state index is 0.231. The van der Waals surface area contributed by atoms with Gasteiger partial charge in [0, 0.05) is 6.54 Å². The molecule has 1 aromatic rings. The van der Waals surface area contributed by atoms with Gasteiger partial charge in [0.1, 0.15) is 0 Å². The summed E-state index contributed by atoms with van der Waals surface area (Å²) in [4.78, 5) is 0. The fraction of sp³-hybridized carbons (Fsp3) is 0.875. The normalized spacial score (nSPS) is 13.2. The summed E-state index contributed by atoms with van der Waals surface area (Å²) in [6.07, 6.45) is 1.12. The topological polar surface area (TPSA) is 55.6 Å². The van der Waals surface area contributed by atoms with Gasteiger partial charge in [0.2, 0.25) is 0 Å². The van der Waals surface area contributed by atoms with E-state index in [0.717, 1.165) is 25.3 Å². The van der Waals surface area contributed by atoms with Gasteiger partial charge < -0.3 is 5.32 Å². The lowest BCUT2D eigenvalue weighted by molar-refractivity contribution is 0.497. The summed E-state index contributed by atoms with van der Waals surface area (Å²) in [6.45, 7) is 8.07. The maximum absolute atomic E-state index is 3.98. The van der Waals surface area contributed by atoms with Crippen LogP contribution in [0.2, 0.25) is 0 Å². The Bertz CT molecular complexity index is 244. The van der Waals surface area contributed by atoms with E-state index in [2.05, 4.69) is 34.7 Å². The van der Waals surface area contributed by atoms with E-state index in [1.807, 2.05) is 11.6 Å². The minimum Gasteiger partial charge on any atom is -0.307 e. The molecule has 0 saturated carbocycles. The van der Waals surface area contributed by atoms with Gasteiger partial charge in [0.15, 0.2) is 5.82 Å². The van der Waals surface area contributed by atoms with Crippen molar-refractivity contribution >= 4 is 0 Å². The van der Waals surface area contributed by atoms with Crippen molar-refractivity contribution in [3.8, 4) is 0 Å². The van der Waals surface area contributed by atoms with Gasteiger partial charge in [0.25, 0.3) is 0 Å². The molecule has 1 N–H and O–H groups in total. The second kappa shape index (κ2) is 4.91. The van der Waals surface area contributed by atoms with Crippen LogP contribution < -0.4 is 5.32 Å².